The molecule has 140 valence electrons. The van der Waals surface area contributed by atoms with Gasteiger partial charge in [-0.15, -0.1) is 12.4 Å². The van der Waals surface area contributed by atoms with Gasteiger partial charge in [-0.25, -0.2) is 4.68 Å². The molecule has 26 heavy (non-hydrogen) atoms. The van der Waals surface area contributed by atoms with Crippen LogP contribution >= 0.6 is 12.4 Å². The first-order valence-corrected chi connectivity index (χ1v) is 9.32. The molecule has 4 rings (SSSR count). The smallest absolute Gasteiger partial charge is 0.272 e. The van der Waals surface area contributed by atoms with E-state index in [0.717, 1.165) is 56.2 Å². The fraction of sp³-hybridized carbons (Fsp3) is 0.500. The van der Waals surface area contributed by atoms with Crippen molar-refractivity contribution in [1.82, 2.24) is 15.1 Å². The molecule has 1 fully saturated rings. The average Bonchev–Trinajstić information content (AvgIpc) is 3.32. The maximum absolute atomic E-state index is 13.0. The summed E-state index contributed by atoms with van der Waals surface area (Å²) in [4.78, 5) is 13.0. The Hall–Kier alpha value is -1.85. The van der Waals surface area contributed by atoms with Crippen LogP contribution in [0.25, 0.3) is 5.69 Å². The Morgan fingerprint density at radius 2 is 1.88 bits per heavy atom. The Morgan fingerprint density at radius 3 is 2.54 bits per heavy atom. The maximum atomic E-state index is 13.0. The van der Waals surface area contributed by atoms with Gasteiger partial charge in [0.2, 0.25) is 0 Å². The summed E-state index contributed by atoms with van der Waals surface area (Å²) in [6.45, 7) is 2.57. The van der Waals surface area contributed by atoms with Crippen LogP contribution in [-0.2, 0) is 12.8 Å². The first-order chi connectivity index (χ1) is 12.1. The van der Waals surface area contributed by atoms with Crippen LogP contribution in [0.5, 0.6) is 0 Å². The van der Waals surface area contributed by atoms with Gasteiger partial charge >= 0.3 is 0 Å². The van der Waals surface area contributed by atoms with E-state index in [0.29, 0.717) is 12.2 Å². The van der Waals surface area contributed by atoms with Crippen molar-refractivity contribution in [2.24, 2.45) is 5.73 Å². The molecule has 1 saturated carbocycles. The minimum Gasteiger partial charge on any atom is -0.344 e. The zero-order valence-corrected chi connectivity index (χ0v) is 16.1. The summed E-state index contributed by atoms with van der Waals surface area (Å²) in [5.41, 5.74) is 10.9. The fourth-order valence-corrected chi connectivity index (χ4v) is 4.25. The summed E-state index contributed by atoms with van der Waals surface area (Å²) in [5, 5.41) is 7.93. The normalized spacial score (nSPS) is 17.6. The summed E-state index contributed by atoms with van der Waals surface area (Å²) in [6.07, 6.45) is 7.19. The minimum atomic E-state index is -0.240. The lowest BCUT2D eigenvalue weighted by molar-refractivity contribution is 0.0896. The van der Waals surface area contributed by atoms with Gasteiger partial charge in [0, 0.05) is 17.8 Å². The lowest BCUT2D eigenvalue weighted by atomic mass is 9.97. The second kappa shape index (κ2) is 7.41. The van der Waals surface area contributed by atoms with Gasteiger partial charge in [0.05, 0.1) is 11.2 Å². The quantitative estimate of drug-likeness (QED) is 0.863. The van der Waals surface area contributed by atoms with Gasteiger partial charge in [0.25, 0.3) is 5.91 Å². The zero-order chi connectivity index (χ0) is 17.4. The van der Waals surface area contributed by atoms with Crippen LogP contribution < -0.4 is 11.1 Å². The van der Waals surface area contributed by atoms with E-state index in [2.05, 4.69) is 36.5 Å². The van der Waals surface area contributed by atoms with Gasteiger partial charge in [-0.05, 0) is 51.2 Å². The number of aromatic nitrogens is 2. The van der Waals surface area contributed by atoms with Crippen molar-refractivity contribution >= 4 is 18.3 Å². The molecule has 0 radical (unpaired) electrons. The Kier molecular flexibility index (Phi) is 5.39. The van der Waals surface area contributed by atoms with E-state index in [1.807, 2.05) is 4.68 Å². The predicted octanol–water partition coefficient (Wildman–Crippen LogP) is 3.09. The topological polar surface area (TPSA) is 72.9 Å². The first kappa shape index (κ1) is 18.9. The van der Waals surface area contributed by atoms with Crippen molar-refractivity contribution < 1.29 is 4.79 Å². The number of benzene rings is 1. The minimum absolute atomic E-state index is 0. The molecule has 0 aliphatic heterocycles. The largest absolute Gasteiger partial charge is 0.344 e. The SMILES string of the molecule is Cc1ccc(-n2nc(C(=O)NC3(CN)CCCC3)c3c2CCC3)cc1.Cl. The average molecular weight is 375 g/mol. The van der Waals surface area contributed by atoms with Crippen LogP contribution in [0.4, 0.5) is 0 Å². The first-order valence-electron chi connectivity index (χ1n) is 9.32. The fourth-order valence-electron chi connectivity index (χ4n) is 4.25. The number of nitrogens with two attached hydrogens (primary N) is 1. The van der Waals surface area contributed by atoms with Gasteiger partial charge in [-0.1, -0.05) is 30.5 Å². The van der Waals surface area contributed by atoms with Gasteiger partial charge in [-0.3, -0.25) is 4.79 Å². The molecule has 1 aromatic carbocycles. The molecule has 0 spiro atoms. The lowest BCUT2D eigenvalue weighted by Crippen LogP contribution is -2.51. The van der Waals surface area contributed by atoms with E-state index in [-0.39, 0.29) is 23.9 Å². The highest BCUT2D eigenvalue weighted by Crippen LogP contribution is 2.31. The van der Waals surface area contributed by atoms with Crippen molar-refractivity contribution in [3.8, 4) is 5.69 Å². The third-order valence-corrected chi connectivity index (χ3v) is 5.75. The summed E-state index contributed by atoms with van der Waals surface area (Å²) >= 11 is 0. The van der Waals surface area contributed by atoms with Crippen molar-refractivity contribution in [2.75, 3.05) is 6.54 Å². The number of rotatable bonds is 4. The number of fused-ring (bicyclic) bond motifs is 1. The second-order valence-electron chi connectivity index (χ2n) is 7.52. The monoisotopic (exact) mass is 374 g/mol. The Balaban J connectivity index is 0.00000196. The molecule has 2 aliphatic rings. The predicted molar refractivity (Wildman–Crippen MR) is 105 cm³/mol. The van der Waals surface area contributed by atoms with Crippen molar-refractivity contribution in [2.45, 2.75) is 57.4 Å². The molecule has 5 nitrogen and oxygen atoms in total. The van der Waals surface area contributed by atoms with Crippen LogP contribution in [0.3, 0.4) is 0 Å². The van der Waals surface area contributed by atoms with Crippen LogP contribution in [0, 0.1) is 6.92 Å². The van der Waals surface area contributed by atoms with E-state index in [4.69, 9.17) is 10.8 Å². The van der Waals surface area contributed by atoms with Gasteiger partial charge in [0.1, 0.15) is 0 Å². The van der Waals surface area contributed by atoms with Crippen LogP contribution in [0.2, 0.25) is 0 Å². The van der Waals surface area contributed by atoms with E-state index in [9.17, 15) is 4.79 Å². The Bertz CT molecular complexity index is 791. The number of carbonyl (C=O) groups excluding carboxylic acids is 1. The molecule has 2 aliphatic carbocycles. The number of hydrogen-bond acceptors (Lipinski definition) is 3. The van der Waals surface area contributed by atoms with Crippen molar-refractivity contribution in [1.29, 1.82) is 0 Å². The molecule has 6 heteroatoms. The molecular weight excluding hydrogens is 348 g/mol. The zero-order valence-electron chi connectivity index (χ0n) is 15.3. The molecule has 3 N–H and O–H groups in total. The summed E-state index contributed by atoms with van der Waals surface area (Å²) in [7, 11) is 0. The highest BCUT2D eigenvalue weighted by atomic mass is 35.5. The third-order valence-electron chi connectivity index (χ3n) is 5.75. The second-order valence-corrected chi connectivity index (χ2v) is 7.52. The lowest BCUT2D eigenvalue weighted by Gasteiger charge is -2.28. The molecular formula is C20H27ClN4O. The number of halogens is 1. The Morgan fingerprint density at radius 1 is 1.19 bits per heavy atom. The van der Waals surface area contributed by atoms with Gasteiger partial charge in [-0.2, -0.15) is 5.10 Å². The van der Waals surface area contributed by atoms with Crippen LogP contribution in [0.15, 0.2) is 24.3 Å². The maximum Gasteiger partial charge on any atom is 0.272 e. The highest BCUT2D eigenvalue weighted by Gasteiger charge is 2.36. The molecule has 0 bridgehead atoms. The third kappa shape index (κ3) is 3.26. The van der Waals surface area contributed by atoms with E-state index in [1.54, 1.807) is 0 Å². The number of nitrogens with zero attached hydrogens (tertiary/aromatic N) is 2. The summed E-state index contributed by atoms with van der Waals surface area (Å²) in [6, 6.07) is 8.31. The number of aryl methyl sites for hydroxylation is 1. The van der Waals surface area contributed by atoms with Crippen LogP contribution in [0.1, 0.15) is 59.4 Å². The number of hydrogen-bond donors (Lipinski definition) is 2. The number of carbonyl (C=O) groups is 1. The summed E-state index contributed by atoms with van der Waals surface area (Å²) < 4.78 is 1.96. The highest BCUT2D eigenvalue weighted by molar-refractivity contribution is 5.95. The number of amides is 1. The van der Waals surface area contributed by atoms with Gasteiger partial charge in [0.15, 0.2) is 5.69 Å². The van der Waals surface area contributed by atoms with E-state index in [1.165, 1.54) is 11.3 Å². The number of nitrogens with one attached hydrogen (secondary N) is 1. The molecule has 0 atom stereocenters. The van der Waals surface area contributed by atoms with E-state index >= 15 is 0 Å². The standard InChI is InChI=1S/C20H26N4O.ClH/c1-14-7-9-15(10-8-14)24-17-6-4-5-16(17)18(23-24)19(25)22-20(13-21)11-2-3-12-20;/h7-10H,2-6,11-13,21H2,1H3,(H,22,25);1H. The molecule has 1 heterocycles. The van der Waals surface area contributed by atoms with Crippen molar-refractivity contribution in [3.05, 3.63) is 46.8 Å². The summed E-state index contributed by atoms with van der Waals surface area (Å²) in [5.74, 6) is -0.0589. The molecule has 0 unspecified atom stereocenters. The van der Waals surface area contributed by atoms with Gasteiger partial charge < -0.3 is 11.1 Å². The van der Waals surface area contributed by atoms with Crippen molar-refractivity contribution in [3.63, 3.8) is 0 Å². The molecule has 2 aromatic rings. The van der Waals surface area contributed by atoms with Crippen LogP contribution in [-0.4, -0.2) is 27.8 Å². The van der Waals surface area contributed by atoms with E-state index < -0.39 is 0 Å². The Labute approximate surface area is 160 Å². The molecule has 1 aromatic heterocycles. The molecule has 1 amide bonds. The molecule has 0 saturated heterocycles.